The number of ether oxygens (including phenoxy) is 1. The smallest absolute Gasteiger partial charge is 0.119 e. The van der Waals surface area contributed by atoms with Crippen molar-refractivity contribution in [2.24, 2.45) is 0 Å². The third-order valence-electron chi connectivity index (χ3n) is 3.35. The molecule has 2 heteroatoms. The van der Waals surface area contributed by atoms with Gasteiger partial charge in [0.2, 0.25) is 0 Å². The molecule has 1 aromatic rings. The average molecular weight is 264 g/mol. The van der Waals surface area contributed by atoms with E-state index in [4.69, 9.17) is 9.84 Å². The first-order chi connectivity index (χ1) is 9.36. The number of rotatable bonds is 11. The first kappa shape index (κ1) is 16.0. The SMILES string of the molecule is CCCCCCCCCCOc1cccc(CO)c1. The predicted molar refractivity (Wildman–Crippen MR) is 80.5 cm³/mol. The van der Waals surface area contributed by atoms with Gasteiger partial charge in [0.25, 0.3) is 0 Å². The van der Waals surface area contributed by atoms with Gasteiger partial charge in [-0.05, 0) is 24.1 Å². The second kappa shape index (κ2) is 10.9. The molecule has 0 radical (unpaired) electrons. The minimum atomic E-state index is 0.0783. The lowest BCUT2D eigenvalue weighted by Crippen LogP contribution is -1.98. The maximum absolute atomic E-state index is 9.04. The highest BCUT2D eigenvalue weighted by Crippen LogP contribution is 2.14. The van der Waals surface area contributed by atoms with Crippen LogP contribution in [0.25, 0.3) is 0 Å². The number of benzene rings is 1. The van der Waals surface area contributed by atoms with E-state index in [1.807, 2.05) is 24.3 Å². The Hall–Kier alpha value is -1.02. The second-order valence-electron chi connectivity index (χ2n) is 5.13. The van der Waals surface area contributed by atoms with Gasteiger partial charge >= 0.3 is 0 Å². The van der Waals surface area contributed by atoms with Crippen LogP contribution in [0.3, 0.4) is 0 Å². The Morgan fingerprint density at radius 3 is 2.32 bits per heavy atom. The molecule has 0 bridgehead atoms. The van der Waals surface area contributed by atoms with Crippen LogP contribution in [0.5, 0.6) is 5.75 Å². The summed E-state index contributed by atoms with van der Waals surface area (Å²) in [6, 6.07) is 7.69. The van der Waals surface area contributed by atoms with Gasteiger partial charge in [0.05, 0.1) is 13.2 Å². The molecule has 108 valence electrons. The molecule has 0 atom stereocenters. The van der Waals surface area contributed by atoms with Crippen molar-refractivity contribution in [1.82, 2.24) is 0 Å². The van der Waals surface area contributed by atoms with Crippen LogP contribution in [-0.4, -0.2) is 11.7 Å². The molecule has 0 saturated carbocycles. The molecular formula is C17H28O2. The molecule has 1 rings (SSSR count). The standard InChI is InChI=1S/C17H28O2/c1-2-3-4-5-6-7-8-9-13-19-17-12-10-11-16(14-17)15-18/h10-12,14,18H,2-9,13,15H2,1H3. The Morgan fingerprint density at radius 2 is 1.63 bits per heavy atom. The van der Waals surface area contributed by atoms with Gasteiger partial charge < -0.3 is 9.84 Å². The summed E-state index contributed by atoms with van der Waals surface area (Å²) < 4.78 is 5.68. The Labute approximate surface area is 117 Å². The summed E-state index contributed by atoms with van der Waals surface area (Å²) in [5, 5.41) is 9.04. The fraction of sp³-hybridized carbons (Fsp3) is 0.647. The molecule has 0 spiro atoms. The largest absolute Gasteiger partial charge is 0.494 e. The van der Waals surface area contributed by atoms with Gasteiger partial charge in [-0.2, -0.15) is 0 Å². The van der Waals surface area contributed by atoms with Crippen LogP contribution in [-0.2, 0) is 6.61 Å². The normalized spacial score (nSPS) is 10.6. The summed E-state index contributed by atoms with van der Waals surface area (Å²) in [7, 11) is 0. The van der Waals surface area contributed by atoms with Gasteiger partial charge in [-0.3, -0.25) is 0 Å². The average Bonchev–Trinajstić information content (AvgIpc) is 2.46. The van der Waals surface area contributed by atoms with Crippen LogP contribution in [0.2, 0.25) is 0 Å². The minimum Gasteiger partial charge on any atom is -0.494 e. The molecule has 0 amide bonds. The second-order valence-corrected chi connectivity index (χ2v) is 5.13. The van der Waals surface area contributed by atoms with Crippen molar-refractivity contribution in [3.63, 3.8) is 0 Å². The molecule has 1 aromatic carbocycles. The molecule has 0 saturated heterocycles. The molecule has 2 nitrogen and oxygen atoms in total. The molecule has 0 unspecified atom stereocenters. The van der Waals surface area contributed by atoms with Crippen molar-refractivity contribution in [3.8, 4) is 5.75 Å². The first-order valence-corrected chi connectivity index (χ1v) is 7.69. The van der Waals surface area contributed by atoms with Gasteiger partial charge in [-0.15, -0.1) is 0 Å². The zero-order chi connectivity index (χ0) is 13.8. The molecule has 19 heavy (non-hydrogen) atoms. The van der Waals surface area contributed by atoms with Crippen molar-refractivity contribution in [2.75, 3.05) is 6.61 Å². The van der Waals surface area contributed by atoms with E-state index in [0.29, 0.717) is 0 Å². The zero-order valence-corrected chi connectivity index (χ0v) is 12.2. The van der Waals surface area contributed by atoms with Gasteiger partial charge in [0, 0.05) is 0 Å². The van der Waals surface area contributed by atoms with Gasteiger partial charge in [-0.25, -0.2) is 0 Å². The Morgan fingerprint density at radius 1 is 0.947 bits per heavy atom. The lowest BCUT2D eigenvalue weighted by atomic mass is 10.1. The minimum absolute atomic E-state index is 0.0783. The fourth-order valence-electron chi connectivity index (χ4n) is 2.16. The molecular weight excluding hydrogens is 236 g/mol. The van der Waals surface area contributed by atoms with Crippen molar-refractivity contribution in [1.29, 1.82) is 0 Å². The quantitative estimate of drug-likeness (QED) is 0.587. The molecule has 1 N–H and O–H groups in total. The number of hydrogen-bond acceptors (Lipinski definition) is 2. The number of unbranched alkanes of at least 4 members (excludes halogenated alkanes) is 7. The molecule has 0 heterocycles. The van der Waals surface area contributed by atoms with Gasteiger partial charge in [0.1, 0.15) is 5.75 Å². The number of aliphatic hydroxyl groups is 1. The summed E-state index contributed by atoms with van der Waals surface area (Å²) in [4.78, 5) is 0. The number of hydrogen-bond donors (Lipinski definition) is 1. The van der Waals surface area contributed by atoms with Crippen LogP contribution in [0, 0.1) is 0 Å². The Kier molecular flexibility index (Phi) is 9.17. The van der Waals surface area contributed by atoms with E-state index in [1.54, 1.807) is 0 Å². The first-order valence-electron chi connectivity index (χ1n) is 7.69. The summed E-state index contributed by atoms with van der Waals surface area (Å²) in [6.07, 6.45) is 10.5. The van der Waals surface area contributed by atoms with Crippen LogP contribution >= 0.6 is 0 Å². The monoisotopic (exact) mass is 264 g/mol. The highest BCUT2D eigenvalue weighted by atomic mass is 16.5. The molecule has 0 aliphatic rings. The van der Waals surface area contributed by atoms with Crippen LogP contribution < -0.4 is 4.74 Å². The van der Waals surface area contributed by atoms with Crippen LogP contribution in [0.1, 0.15) is 63.9 Å². The summed E-state index contributed by atoms with van der Waals surface area (Å²) >= 11 is 0. The Bertz CT molecular complexity index is 323. The van der Waals surface area contributed by atoms with E-state index in [9.17, 15) is 0 Å². The number of aliphatic hydroxyl groups excluding tert-OH is 1. The highest BCUT2D eigenvalue weighted by Gasteiger charge is 1.96. The zero-order valence-electron chi connectivity index (χ0n) is 12.2. The predicted octanol–water partition coefficient (Wildman–Crippen LogP) is 4.70. The lowest BCUT2D eigenvalue weighted by Gasteiger charge is -2.07. The van der Waals surface area contributed by atoms with Crippen molar-refractivity contribution in [3.05, 3.63) is 29.8 Å². The van der Waals surface area contributed by atoms with E-state index in [2.05, 4.69) is 6.92 Å². The topological polar surface area (TPSA) is 29.5 Å². The maximum atomic E-state index is 9.04. The lowest BCUT2D eigenvalue weighted by molar-refractivity contribution is 0.278. The maximum Gasteiger partial charge on any atom is 0.119 e. The highest BCUT2D eigenvalue weighted by molar-refractivity contribution is 5.27. The van der Waals surface area contributed by atoms with E-state index in [1.165, 1.54) is 44.9 Å². The van der Waals surface area contributed by atoms with E-state index >= 15 is 0 Å². The molecule has 0 fully saturated rings. The summed E-state index contributed by atoms with van der Waals surface area (Å²) in [6.45, 7) is 3.11. The van der Waals surface area contributed by atoms with Crippen LogP contribution in [0.4, 0.5) is 0 Å². The van der Waals surface area contributed by atoms with E-state index < -0.39 is 0 Å². The van der Waals surface area contributed by atoms with Crippen LogP contribution in [0.15, 0.2) is 24.3 Å². The van der Waals surface area contributed by atoms with Crippen molar-refractivity contribution < 1.29 is 9.84 Å². The van der Waals surface area contributed by atoms with E-state index in [0.717, 1.165) is 24.3 Å². The van der Waals surface area contributed by atoms with E-state index in [-0.39, 0.29) is 6.61 Å². The fourth-order valence-corrected chi connectivity index (χ4v) is 2.16. The summed E-state index contributed by atoms with van der Waals surface area (Å²) in [5.74, 6) is 0.870. The van der Waals surface area contributed by atoms with Gasteiger partial charge in [-0.1, -0.05) is 64.0 Å². The van der Waals surface area contributed by atoms with Crippen molar-refractivity contribution in [2.45, 2.75) is 64.9 Å². The molecule has 0 aliphatic carbocycles. The molecule has 0 aliphatic heterocycles. The van der Waals surface area contributed by atoms with Crippen molar-refractivity contribution >= 4 is 0 Å². The third kappa shape index (κ3) is 7.89. The van der Waals surface area contributed by atoms with Gasteiger partial charge in [0.15, 0.2) is 0 Å². The third-order valence-corrected chi connectivity index (χ3v) is 3.35. The summed E-state index contributed by atoms with van der Waals surface area (Å²) in [5.41, 5.74) is 0.911. The Balaban J connectivity index is 1.98. The molecule has 0 aromatic heterocycles.